The summed E-state index contributed by atoms with van der Waals surface area (Å²) in [6, 6.07) is 7.54. The summed E-state index contributed by atoms with van der Waals surface area (Å²) in [5.41, 5.74) is 1.80. The van der Waals surface area contributed by atoms with Crippen molar-refractivity contribution in [2.75, 3.05) is 11.4 Å². The quantitative estimate of drug-likeness (QED) is 0.863. The molecule has 0 bridgehead atoms. The lowest BCUT2D eigenvalue weighted by Gasteiger charge is -2.31. The van der Waals surface area contributed by atoms with Crippen LogP contribution in [0.25, 0.3) is 0 Å². The van der Waals surface area contributed by atoms with Crippen LogP contribution in [0, 0.1) is 11.8 Å². The van der Waals surface area contributed by atoms with Gasteiger partial charge in [-0.15, -0.1) is 0 Å². The summed E-state index contributed by atoms with van der Waals surface area (Å²) in [5.74, 6) is -2.38. The number of amides is 2. The highest BCUT2D eigenvalue weighted by Crippen LogP contribution is 2.30. The molecule has 0 unspecified atom stereocenters. The van der Waals surface area contributed by atoms with Gasteiger partial charge in [-0.2, -0.15) is 0 Å². The van der Waals surface area contributed by atoms with Gasteiger partial charge in [0, 0.05) is 43.0 Å². The minimum absolute atomic E-state index is 0.145. The topological polar surface area (TPSA) is 89.5 Å². The van der Waals surface area contributed by atoms with Gasteiger partial charge in [-0.1, -0.05) is 25.0 Å². The van der Waals surface area contributed by atoms with Crippen molar-refractivity contribution in [3.8, 4) is 0 Å². The van der Waals surface area contributed by atoms with E-state index in [1.807, 2.05) is 24.3 Å². The summed E-state index contributed by atoms with van der Waals surface area (Å²) in [6.45, 7) is 1.10. The van der Waals surface area contributed by atoms with Crippen molar-refractivity contribution >= 4 is 23.5 Å². The zero-order valence-corrected chi connectivity index (χ0v) is 14.2. The average Bonchev–Trinajstić information content (AvgIpc) is 3.06. The number of nitrogens with one attached hydrogen (secondary N) is 1. The molecule has 1 aromatic rings. The molecule has 1 heterocycles. The summed E-state index contributed by atoms with van der Waals surface area (Å²) < 4.78 is 0. The predicted molar refractivity (Wildman–Crippen MR) is 90.3 cm³/mol. The van der Waals surface area contributed by atoms with Crippen molar-refractivity contribution in [2.45, 2.75) is 45.1 Å². The maximum atomic E-state index is 12.4. The van der Waals surface area contributed by atoms with Crippen molar-refractivity contribution in [3.05, 3.63) is 29.8 Å². The van der Waals surface area contributed by atoms with Crippen molar-refractivity contribution in [1.82, 2.24) is 5.32 Å². The van der Waals surface area contributed by atoms with Crippen LogP contribution in [0.1, 0.15) is 44.1 Å². The first kappa shape index (κ1) is 17.5. The summed E-state index contributed by atoms with van der Waals surface area (Å²) in [6.07, 6.45) is 4.30. The highest BCUT2D eigenvalue weighted by Gasteiger charge is 2.31. The molecule has 2 amide bonds. The van der Waals surface area contributed by atoms with Crippen LogP contribution in [0.4, 0.5) is 5.69 Å². The van der Waals surface area contributed by atoms with Gasteiger partial charge in [0.05, 0.1) is 0 Å². The smallest absolute Gasteiger partial charge is 0.227 e. The lowest BCUT2D eigenvalue weighted by atomic mass is 9.78. The molecule has 1 saturated heterocycles. The Kier molecular flexibility index (Phi) is 5.36. The van der Waals surface area contributed by atoms with E-state index in [0.29, 0.717) is 25.8 Å². The van der Waals surface area contributed by atoms with E-state index in [1.165, 1.54) is 0 Å². The van der Waals surface area contributed by atoms with Gasteiger partial charge in [-0.3, -0.25) is 9.59 Å². The van der Waals surface area contributed by atoms with Crippen molar-refractivity contribution in [3.63, 3.8) is 0 Å². The molecule has 1 N–H and O–H groups in total. The van der Waals surface area contributed by atoms with E-state index in [9.17, 15) is 19.5 Å². The monoisotopic (exact) mass is 343 g/mol. The molecule has 2 aliphatic rings. The summed E-state index contributed by atoms with van der Waals surface area (Å²) in [5, 5.41) is 14.1. The second-order valence-corrected chi connectivity index (χ2v) is 6.85. The number of nitrogens with zero attached hydrogens (tertiary/aromatic N) is 1. The zero-order chi connectivity index (χ0) is 17.8. The molecule has 134 valence electrons. The molecule has 1 aliphatic carbocycles. The number of hydrogen-bond donors (Lipinski definition) is 1. The number of anilines is 1. The van der Waals surface area contributed by atoms with Crippen LogP contribution in [0.3, 0.4) is 0 Å². The van der Waals surface area contributed by atoms with Gasteiger partial charge in [-0.25, -0.2) is 0 Å². The van der Waals surface area contributed by atoms with Crippen LogP contribution in [0.15, 0.2) is 24.3 Å². The summed E-state index contributed by atoms with van der Waals surface area (Å²) in [4.78, 5) is 37.1. The number of hydrogen-bond acceptors (Lipinski definition) is 4. The number of carboxylic acids is 1. The Morgan fingerprint density at radius 3 is 2.36 bits per heavy atom. The fourth-order valence-corrected chi connectivity index (χ4v) is 3.76. The highest BCUT2D eigenvalue weighted by atomic mass is 16.4. The number of carboxylic acid groups (broad SMARTS) is 1. The van der Waals surface area contributed by atoms with Gasteiger partial charge >= 0.3 is 0 Å². The van der Waals surface area contributed by atoms with Crippen LogP contribution in [0.2, 0.25) is 0 Å². The highest BCUT2D eigenvalue weighted by molar-refractivity contribution is 5.95. The molecule has 2 fully saturated rings. The second kappa shape index (κ2) is 7.68. The number of benzene rings is 1. The zero-order valence-electron chi connectivity index (χ0n) is 14.2. The van der Waals surface area contributed by atoms with Crippen molar-refractivity contribution in [1.29, 1.82) is 0 Å². The van der Waals surface area contributed by atoms with E-state index in [4.69, 9.17) is 0 Å². The van der Waals surface area contributed by atoms with Gasteiger partial charge in [0.15, 0.2) is 0 Å². The van der Waals surface area contributed by atoms with Gasteiger partial charge in [0.25, 0.3) is 0 Å². The molecular formula is C19H23N2O4-. The Labute approximate surface area is 147 Å². The van der Waals surface area contributed by atoms with Crippen molar-refractivity contribution in [2.24, 2.45) is 11.8 Å². The minimum atomic E-state index is -1.13. The second-order valence-electron chi connectivity index (χ2n) is 6.85. The van der Waals surface area contributed by atoms with Crippen LogP contribution in [-0.4, -0.2) is 24.3 Å². The molecule has 0 radical (unpaired) electrons. The average molecular weight is 343 g/mol. The third kappa shape index (κ3) is 4.00. The summed E-state index contributed by atoms with van der Waals surface area (Å²) in [7, 11) is 0. The van der Waals surface area contributed by atoms with E-state index in [2.05, 4.69) is 5.32 Å². The maximum Gasteiger partial charge on any atom is 0.227 e. The SMILES string of the molecule is O=C([O-])[C@H]1CCCC[C@@H]1C(=O)NCc1ccc(N2CCCC2=O)cc1. The van der Waals surface area contributed by atoms with Crippen molar-refractivity contribution < 1.29 is 19.5 Å². The van der Waals surface area contributed by atoms with E-state index >= 15 is 0 Å². The fourth-order valence-electron chi connectivity index (χ4n) is 3.76. The molecule has 3 rings (SSSR count). The molecule has 6 heteroatoms. The largest absolute Gasteiger partial charge is 0.550 e. The third-order valence-corrected chi connectivity index (χ3v) is 5.19. The van der Waals surface area contributed by atoms with Gasteiger partial charge in [-0.05, 0) is 37.0 Å². The van der Waals surface area contributed by atoms with Crippen LogP contribution in [-0.2, 0) is 20.9 Å². The Morgan fingerprint density at radius 1 is 1.08 bits per heavy atom. The summed E-state index contributed by atoms with van der Waals surface area (Å²) >= 11 is 0. The third-order valence-electron chi connectivity index (χ3n) is 5.19. The molecule has 1 aromatic carbocycles. The molecule has 0 spiro atoms. The van der Waals surface area contributed by atoms with Crippen LogP contribution in [0.5, 0.6) is 0 Å². The Morgan fingerprint density at radius 2 is 1.76 bits per heavy atom. The molecule has 25 heavy (non-hydrogen) atoms. The molecular weight excluding hydrogens is 320 g/mol. The van der Waals surface area contributed by atoms with E-state index in [-0.39, 0.29) is 11.8 Å². The number of carbonyl (C=O) groups excluding carboxylic acids is 3. The van der Waals surface area contributed by atoms with Crippen LogP contribution >= 0.6 is 0 Å². The fraction of sp³-hybridized carbons (Fsp3) is 0.526. The first-order valence-electron chi connectivity index (χ1n) is 8.94. The predicted octanol–water partition coefficient (Wildman–Crippen LogP) is 0.986. The number of aliphatic carboxylic acids is 1. The van der Waals surface area contributed by atoms with Crippen LogP contribution < -0.4 is 15.3 Å². The van der Waals surface area contributed by atoms with E-state index in [0.717, 1.165) is 37.1 Å². The standard InChI is InChI=1S/C19H24N2O4/c22-17-6-3-11-21(17)14-9-7-13(8-10-14)12-20-18(23)15-4-1-2-5-16(15)19(24)25/h7-10,15-16H,1-6,11-12H2,(H,20,23)(H,24,25)/p-1/t15-,16-/m0/s1. The molecule has 6 nitrogen and oxygen atoms in total. The Balaban J connectivity index is 1.56. The van der Waals surface area contributed by atoms with Gasteiger partial charge in [0.1, 0.15) is 0 Å². The van der Waals surface area contributed by atoms with Gasteiger partial charge < -0.3 is 20.1 Å². The Bertz CT molecular complexity index is 656. The number of carbonyl (C=O) groups is 3. The molecule has 0 aromatic heterocycles. The van der Waals surface area contributed by atoms with Gasteiger partial charge in [0.2, 0.25) is 11.8 Å². The molecule has 1 aliphatic heterocycles. The molecule has 2 atom stereocenters. The first-order chi connectivity index (χ1) is 12.1. The lowest BCUT2D eigenvalue weighted by Crippen LogP contribution is -2.44. The first-order valence-corrected chi connectivity index (χ1v) is 8.94. The van der Waals surface area contributed by atoms with E-state index in [1.54, 1.807) is 4.90 Å². The normalized spacial score (nSPS) is 23.5. The van der Waals surface area contributed by atoms with E-state index < -0.39 is 17.8 Å². The molecule has 1 saturated carbocycles. The Hall–Kier alpha value is -2.37. The maximum absolute atomic E-state index is 12.4. The lowest BCUT2D eigenvalue weighted by molar-refractivity contribution is -0.314. The minimum Gasteiger partial charge on any atom is -0.550 e. The number of rotatable bonds is 5.